The summed E-state index contributed by atoms with van der Waals surface area (Å²) in [6.45, 7) is 2.07. The highest BCUT2D eigenvalue weighted by Crippen LogP contribution is 2.36. The average Bonchev–Trinajstić information content (AvgIpc) is 2.89. The fourth-order valence-electron chi connectivity index (χ4n) is 2.74. The van der Waals surface area contributed by atoms with Gasteiger partial charge in [0.2, 0.25) is 0 Å². The maximum atomic E-state index is 14.1. The van der Waals surface area contributed by atoms with Crippen LogP contribution in [0.15, 0.2) is 28.7 Å². The minimum Gasteiger partial charge on any atom is -0.466 e. The number of carbonyl (C=O) groups is 2. The summed E-state index contributed by atoms with van der Waals surface area (Å²) in [6.07, 6.45) is 0.136. The van der Waals surface area contributed by atoms with E-state index >= 15 is 0 Å². The summed E-state index contributed by atoms with van der Waals surface area (Å²) >= 11 is 3.22. The molecule has 0 radical (unpaired) electrons. The molecular formula is C17H14BrFN2O3. The van der Waals surface area contributed by atoms with Crippen LogP contribution in [0.4, 0.5) is 4.39 Å². The maximum Gasteiger partial charge on any atom is 0.310 e. The highest BCUT2D eigenvalue weighted by molar-refractivity contribution is 9.10. The first-order valence-electron chi connectivity index (χ1n) is 7.30. The van der Waals surface area contributed by atoms with Crippen LogP contribution >= 0.6 is 15.9 Å². The molecule has 24 heavy (non-hydrogen) atoms. The molecule has 0 aliphatic heterocycles. The van der Waals surface area contributed by atoms with Gasteiger partial charge in [0.05, 0.1) is 28.6 Å². The number of primary amides is 1. The highest BCUT2D eigenvalue weighted by atomic mass is 79.9. The Hall–Kier alpha value is -2.41. The molecule has 3 rings (SSSR count). The number of halogens is 2. The smallest absolute Gasteiger partial charge is 0.310 e. The Morgan fingerprint density at radius 3 is 2.75 bits per heavy atom. The number of aromatic amines is 1. The van der Waals surface area contributed by atoms with Crippen LogP contribution in [0.3, 0.4) is 0 Å². The average molecular weight is 393 g/mol. The van der Waals surface area contributed by atoms with E-state index in [0.29, 0.717) is 23.0 Å². The molecule has 0 fully saturated rings. The summed E-state index contributed by atoms with van der Waals surface area (Å²) in [5.41, 5.74) is 7.32. The summed E-state index contributed by atoms with van der Waals surface area (Å²) in [4.78, 5) is 26.3. The minimum atomic E-state index is -0.718. The third-order valence-corrected chi connectivity index (χ3v) is 4.53. The summed E-state index contributed by atoms with van der Waals surface area (Å²) in [5.74, 6) is -1.60. The first-order valence-corrected chi connectivity index (χ1v) is 8.09. The Morgan fingerprint density at radius 1 is 1.33 bits per heavy atom. The molecule has 5 nitrogen and oxygen atoms in total. The van der Waals surface area contributed by atoms with Gasteiger partial charge in [0, 0.05) is 16.3 Å². The Balaban J connectivity index is 2.20. The molecule has 1 heterocycles. The minimum absolute atomic E-state index is 0.0776. The van der Waals surface area contributed by atoms with Crippen molar-refractivity contribution >= 4 is 49.6 Å². The van der Waals surface area contributed by atoms with Gasteiger partial charge in [0.15, 0.2) is 0 Å². The van der Waals surface area contributed by atoms with Crippen molar-refractivity contribution in [3.8, 4) is 0 Å². The zero-order valence-corrected chi connectivity index (χ0v) is 14.4. The Morgan fingerprint density at radius 2 is 2.08 bits per heavy atom. The first kappa shape index (κ1) is 16.4. The van der Waals surface area contributed by atoms with Crippen molar-refractivity contribution < 1.29 is 18.7 Å². The zero-order chi connectivity index (χ0) is 17.4. The van der Waals surface area contributed by atoms with Crippen molar-refractivity contribution in [2.24, 2.45) is 5.73 Å². The second-order valence-corrected chi connectivity index (χ2v) is 6.11. The van der Waals surface area contributed by atoms with Gasteiger partial charge in [-0.2, -0.15) is 0 Å². The van der Waals surface area contributed by atoms with Gasteiger partial charge in [-0.15, -0.1) is 0 Å². The van der Waals surface area contributed by atoms with E-state index in [4.69, 9.17) is 10.5 Å². The lowest BCUT2D eigenvalue weighted by Gasteiger charge is -2.03. The van der Waals surface area contributed by atoms with Gasteiger partial charge in [0.25, 0.3) is 5.91 Å². The van der Waals surface area contributed by atoms with Crippen LogP contribution in [0.25, 0.3) is 21.8 Å². The number of fused-ring (bicyclic) bond motifs is 3. The number of nitrogens with one attached hydrogen (secondary N) is 1. The standard InChI is InChI=1S/C17H14BrFN2O3/c1-2-24-13(22)6-8-3-4-9-12(5-8)21-16-10(17(20)23)7-11(19)15(18)14(9)16/h3-5,7,21H,2,6H2,1H3,(H2,20,23). The van der Waals surface area contributed by atoms with Crippen molar-refractivity contribution in [3.05, 3.63) is 45.7 Å². The number of aromatic nitrogens is 1. The Labute approximate surface area is 145 Å². The fourth-order valence-corrected chi connectivity index (χ4v) is 3.27. The topological polar surface area (TPSA) is 85.2 Å². The molecule has 0 unspecified atom stereocenters. The predicted molar refractivity (Wildman–Crippen MR) is 92.3 cm³/mol. The van der Waals surface area contributed by atoms with Crippen LogP contribution in [0, 0.1) is 5.82 Å². The largest absolute Gasteiger partial charge is 0.466 e. The summed E-state index contributed by atoms with van der Waals surface area (Å²) < 4.78 is 19.3. The second kappa shape index (κ2) is 6.24. The van der Waals surface area contributed by atoms with Gasteiger partial charge in [-0.3, -0.25) is 9.59 Å². The second-order valence-electron chi connectivity index (χ2n) is 5.32. The molecule has 0 saturated heterocycles. The number of nitrogens with two attached hydrogens (primary N) is 1. The summed E-state index contributed by atoms with van der Waals surface area (Å²) in [6, 6.07) is 6.43. The van der Waals surface area contributed by atoms with Gasteiger partial charge in [-0.25, -0.2) is 4.39 Å². The molecule has 0 bridgehead atoms. The molecule has 1 aromatic heterocycles. The molecule has 3 N–H and O–H groups in total. The Kier molecular flexibility index (Phi) is 4.28. The van der Waals surface area contributed by atoms with Crippen LogP contribution in [0.2, 0.25) is 0 Å². The molecule has 1 amide bonds. The van der Waals surface area contributed by atoms with Crippen LogP contribution < -0.4 is 5.73 Å². The normalized spacial score (nSPS) is 11.1. The van der Waals surface area contributed by atoms with Crippen molar-refractivity contribution in [2.45, 2.75) is 13.3 Å². The quantitative estimate of drug-likeness (QED) is 0.666. The molecule has 2 aromatic carbocycles. The van der Waals surface area contributed by atoms with Crippen LogP contribution in [0.5, 0.6) is 0 Å². The molecular weight excluding hydrogens is 379 g/mol. The van der Waals surface area contributed by atoms with E-state index in [0.717, 1.165) is 17.0 Å². The van der Waals surface area contributed by atoms with E-state index in [1.54, 1.807) is 25.1 Å². The third kappa shape index (κ3) is 2.75. The van der Waals surface area contributed by atoms with E-state index < -0.39 is 11.7 Å². The molecule has 0 atom stereocenters. The third-order valence-electron chi connectivity index (χ3n) is 3.75. The number of rotatable bonds is 4. The molecule has 0 aliphatic rings. The summed E-state index contributed by atoms with van der Waals surface area (Å²) in [7, 11) is 0. The van der Waals surface area contributed by atoms with Gasteiger partial charge in [-0.05, 0) is 40.5 Å². The lowest BCUT2D eigenvalue weighted by Crippen LogP contribution is -2.12. The van der Waals surface area contributed by atoms with Crippen molar-refractivity contribution in [1.82, 2.24) is 4.98 Å². The fraction of sp³-hybridized carbons (Fsp3) is 0.176. The van der Waals surface area contributed by atoms with Gasteiger partial charge < -0.3 is 15.5 Å². The van der Waals surface area contributed by atoms with E-state index in [1.165, 1.54) is 0 Å². The maximum absolute atomic E-state index is 14.1. The van der Waals surface area contributed by atoms with Gasteiger partial charge >= 0.3 is 5.97 Å². The Bertz CT molecular complexity index is 981. The van der Waals surface area contributed by atoms with Crippen molar-refractivity contribution in [3.63, 3.8) is 0 Å². The number of hydrogen-bond acceptors (Lipinski definition) is 3. The van der Waals surface area contributed by atoms with E-state index in [1.807, 2.05) is 0 Å². The number of amides is 1. The number of hydrogen-bond donors (Lipinski definition) is 2. The zero-order valence-electron chi connectivity index (χ0n) is 12.8. The molecule has 3 aromatic rings. The van der Waals surface area contributed by atoms with Crippen LogP contribution in [-0.4, -0.2) is 23.5 Å². The lowest BCUT2D eigenvalue weighted by molar-refractivity contribution is -0.142. The number of benzene rings is 2. The van der Waals surface area contributed by atoms with Gasteiger partial charge in [-0.1, -0.05) is 12.1 Å². The first-order chi connectivity index (χ1) is 11.4. The van der Waals surface area contributed by atoms with E-state index in [-0.39, 0.29) is 22.4 Å². The molecule has 0 saturated carbocycles. The number of H-pyrrole nitrogens is 1. The van der Waals surface area contributed by atoms with E-state index in [9.17, 15) is 14.0 Å². The number of ether oxygens (including phenoxy) is 1. The molecule has 124 valence electrons. The van der Waals surface area contributed by atoms with Crippen LogP contribution in [-0.2, 0) is 16.0 Å². The number of carbonyl (C=O) groups excluding carboxylic acids is 2. The number of esters is 1. The van der Waals surface area contributed by atoms with Crippen molar-refractivity contribution in [2.75, 3.05) is 6.61 Å². The lowest BCUT2D eigenvalue weighted by atomic mass is 10.1. The molecule has 7 heteroatoms. The van der Waals surface area contributed by atoms with E-state index in [2.05, 4.69) is 20.9 Å². The molecule has 0 spiro atoms. The monoisotopic (exact) mass is 392 g/mol. The highest BCUT2D eigenvalue weighted by Gasteiger charge is 2.18. The van der Waals surface area contributed by atoms with Gasteiger partial charge in [0.1, 0.15) is 5.82 Å². The summed E-state index contributed by atoms with van der Waals surface area (Å²) in [5, 5.41) is 1.27. The van der Waals surface area contributed by atoms with Crippen molar-refractivity contribution in [1.29, 1.82) is 0 Å². The van der Waals surface area contributed by atoms with Crippen LogP contribution in [0.1, 0.15) is 22.8 Å². The SMILES string of the molecule is CCOC(=O)Cc1ccc2c(c1)[nH]c1c(C(N)=O)cc(F)c(Br)c12. The predicted octanol–water partition coefficient (Wildman–Crippen LogP) is 3.43. The molecule has 0 aliphatic carbocycles.